The molecule has 2 aromatic heterocycles. The van der Waals surface area contributed by atoms with Crippen LogP contribution >= 0.6 is 0 Å². The molecule has 3 aliphatic rings. The van der Waals surface area contributed by atoms with Gasteiger partial charge in [-0.25, -0.2) is 0 Å². The molecule has 1 aliphatic carbocycles. The number of benzene rings is 2. The molecule has 1 amide bonds. The molecule has 1 saturated heterocycles. The Labute approximate surface area is 228 Å². The third-order valence-electron chi connectivity index (χ3n) is 8.52. The van der Waals surface area contributed by atoms with E-state index < -0.39 is 0 Å². The lowest BCUT2D eigenvalue weighted by Gasteiger charge is -2.42. The number of rotatable bonds is 5. The van der Waals surface area contributed by atoms with Gasteiger partial charge in [-0.15, -0.1) is 0 Å². The summed E-state index contributed by atoms with van der Waals surface area (Å²) in [6.45, 7) is 4.25. The van der Waals surface area contributed by atoms with Crippen molar-refractivity contribution < 1.29 is 9.53 Å². The van der Waals surface area contributed by atoms with Crippen LogP contribution in [0.15, 0.2) is 66.9 Å². The number of likely N-dealkylation sites (tertiary alicyclic amines) is 1. The highest BCUT2D eigenvalue weighted by molar-refractivity contribution is 6.02. The van der Waals surface area contributed by atoms with Crippen LogP contribution in [0.3, 0.4) is 0 Å². The van der Waals surface area contributed by atoms with Gasteiger partial charge in [0.15, 0.2) is 0 Å². The molecule has 7 rings (SSSR count). The van der Waals surface area contributed by atoms with Gasteiger partial charge in [0.05, 0.1) is 22.9 Å². The Kier molecular flexibility index (Phi) is 5.77. The van der Waals surface area contributed by atoms with Crippen LogP contribution in [0.1, 0.15) is 60.3 Å². The first-order valence-electron chi connectivity index (χ1n) is 13.9. The molecule has 4 aromatic rings. The van der Waals surface area contributed by atoms with Crippen LogP contribution in [0.25, 0.3) is 27.7 Å². The van der Waals surface area contributed by atoms with Crippen LogP contribution in [0.4, 0.5) is 0 Å². The Hall–Kier alpha value is -3.97. The summed E-state index contributed by atoms with van der Waals surface area (Å²) in [6.07, 6.45) is 8.32. The SMILES string of the molecule is CC1=CC2(CCN(C)CC2)Oc2ccc(-c3n[nH]c4ccc(C(=O)N[C@H](c5ccccn5)C5CC5)cc34)cc21. The summed E-state index contributed by atoms with van der Waals surface area (Å²) in [7, 11) is 2.17. The largest absolute Gasteiger partial charge is 0.482 e. The van der Waals surface area contributed by atoms with Gasteiger partial charge in [-0.05, 0) is 92.9 Å². The zero-order valence-electron chi connectivity index (χ0n) is 22.4. The predicted octanol–water partition coefficient (Wildman–Crippen LogP) is 5.77. The van der Waals surface area contributed by atoms with Gasteiger partial charge in [0.1, 0.15) is 11.4 Å². The van der Waals surface area contributed by atoms with Crippen molar-refractivity contribution in [1.82, 2.24) is 25.4 Å². The molecular formula is C32H33N5O2. The predicted molar refractivity (Wildman–Crippen MR) is 152 cm³/mol. The summed E-state index contributed by atoms with van der Waals surface area (Å²) in [5.74, 6) is 1.29. The fraction of sp³-hybridized carbons (Fsp3) is 0.344. The topological polar surface area (TPSA) is 83.1 Å². The molecule has 0 radical (unpaired) electrons. The first kappa shape index (κ1) is 24.1. The zero-order chi connectivity index (χ0) is 26.6. The molecule has 1 spiro atoms. The van der Waals surface area contributed by atoms with Gasteiger partial charge >= 0.3 is 0 Å². The van der Waals surface area contributed by atoms with Gasteiger partial charge in [-0.1, -0.05) is 6.07 Å². The van der Waals surface area contributed by atoms with E-state index >= 15 is 0 Å². The van der Waals surface area contributed by atoms with Crippen molar-refractivity contribution in [3.63, 3.8) is 0 Å². The number of amides is 1. The normalized spacial score (nSPS) is 19.3. The molecule has 2 aliphatic heterocycles. The number of allylic oxidation sites excluding steroid dienone is 1. The number of ether oxygens (including phenoxy) is 1. The number of H-pyrrole nitrogens is 1. The van der Waals surface area contributed by atoms with Gasteiger partial charge in [-0.2, -0.15) is 5.10 Å². The van der Waals surface area contributed by atoms with Crippen LogP contribution < -0.4 is 10.1 Å². The summed E-state index contributed by atoms with van der Waals surface area (Å²) in [5.41, 5.74) is 6.40. The number of hydrogen-bond acceptors (Lipinski definition) is 5. The summed E-state index contributed by atoms with van der Waals surface area (Å²) < 4.78 is 6.60. The maximum absolute atomic E-state index is 13.4. The number of aromatic amines is 1. The van der Waals surface area contributed by atoms with E-state index in [1.807, 2.05) is 36.4 Å². The van der Waals surface area contributed by atoms with Crippen molar-refractivity contribution in [2.45, 2.75) is 44.2 Å². The Morgan fingerprint density at radius 2 is 1.97 bits per heavy atom. The minimum absolute atomic E-state index is 0.0681. The van der Waals surface area contributed by atoms with Crippen molar-refractivity contribution >= 4 is 22.4 Å². The molecule has 198 valence electrons. The Morgan fingerprint density at radius 1 is 1.13 bits per heavy atom. The average molecular weight is 520 g/mol. The maximum atomic E-state index is 13.4. The van der Waals surface area contributed by atoms with Crippen molar-refractivity contribution in [3.05, 3.63) is 83.7 Å². The minimum atomic E-state index is -0.208. The molecule has 7 nitrogen and oxygen atoms in total. The summed E-state index contributed by atoms with van der Waals surface area (Å²) in [6, 6.07) is 17.8. The molecule has 2 N–H and O–H groups in total. The second-order valence-electron chi connectivity index (χ2n) is 11.4. The third kappa shape index (κ3) is 4.51. The van der Waals surface area contributed by atoms with E-state index in [2.05, 4.69) is 63.6 Å². The lowest BCUT2D eigenvalue weighted by molar-refractivity contribution is 0.0467. The summed E-state index contributed by atoms with van der Waals surface area (Å²) >= 11 is 0. The van der Waals surface area contributed by atoms with Gasteiger partial charge < -0.3 is 15.0 Å². The van der Waals surface area contributed by atoms with E-state index in [0.29, 0.717) is 11.5 Å². The second kappa shape index (κ2) is 9.35. The molecular weight excluding hydrogens is 486 g/mol. The molecule has 0 bridgehead atoms. The van der Waals surface area contributed by atoms with E-state index in [-0.39, 0.29) is 17.6 Å². The average Bonchev–Trinajstić information content (AvgIpc) is 3.72. The fourth-order valence-electron chi connectivity index (χ4n) is 6.06. The first-order chi connectivity index (χ1) is 19.0. The first-order valence-corrected chi connectivity index (χ1v) is 13.9. The third-order valence-corrected chi connectivity index (χ3v) is 8.52. The molecule has 2 aromatic carbocycles. The van der Waals surface area contributed by atoms with Crippen molar-refractivity contribution in [2.75, 3.05) is 20.1 Å². The van der Waals surface area contributed by atoms with Crippen LogP contribution in [-0.2, 0) is 0 Å². The smallest absolute Gasteiger partial charge is 0.251 e. The van der Waals surface area contributed by atoms with Crippen molar-refractivity contribution in [3.8, 4) is 17.0 Å². The molecule has 4 heterocycles. The zero-order valence-corrected chi connectivity index (χ0v) is 22.4. The lowest BCUT2D eigenvalue weighted by atomic mass is 9.85. The van der Waals surface area contributed by atoms with Crippen LogP contribution in [0, 0.1) is 5.92 Å². The fourth-order valence-corrected chi connectivity index (χ4v) is 6.06. The Bertz CT molecular complexity index is 1580. The van der Waals surface area contributed by atoms with Crippen LogP contribution in [-0.4, -0.2) is 51.7 Å². The highest BCUT2D eigenvalue weighted by Gasteiger charge is 2.37. The monoisotopic (exact) mass is 519 g/mol. The molecule has 1 saturated carbocycles. The Balaban J connectivity index is 1.18. The number of hydrogen-bond donors (Lipinski definition) is 2. The minimum Gasteiger partial charge on any atom is -0.482 e. The van der Waals surface area contributed by atoms with Crippen LogP contribution in [0.2, 0.25) is 0 Å². The lowest BCUT2D eigenvalue weighted by Crippen LogP contribution is -2.46. The second-order valence-corrected chi connectivity index (χ2v) is 11.4. The molecule has 0 unspecified atom stereocenters. The molecule has 2 fully saturated rings. The van der Waals surface area contributed by atoms with Crippen molar-refractivity contribution in [1.29, 1.82) is 0 Å². The molecule has 7 heteroatoms. The summed E-state index contributed by atoms with van der Waals surface area (Å²) in [4.78, 5) is 20.2. The molecule has 1 atom stereocenters. The van der Waals surface area contributed by atoms with E-state index in [4.69, 9.17) is 4.74 Å². The standard InChI is InChI=1S/C32H33N5O2/c1-20-19-32(12-15-37(2)16-13-32)39-28-11-9-22(17-24(20)28)29-25-18-23(8-10-26(25)35-36-29)31(38)34-30(21-6-7-21)27-5-3-4-14-33-27/h3-5,8-11,14,17-19,21,30H,6-7,12-13,15-16H2,1-2H3,(H,34,38)(H,35,36)/t30-/m0/s1. The number of carbonyl (C=O) groups is 1. The van der Waals surface area contributed by atoms with Gasteiger partial charge in [-0.3, -0.25) is 14.9 Å². The number of nitrogens with zero attached hydrogens (tertiary/aromatic N) is 3. The highest BCUT2D eigenvalue weighted by atomic mass is 16.5. The number of piperidine rings is 1. The van der Waals surface area contributed by atoms with E-state index in [9.17, 15) is 4.79 Å². The van der Waals surface area contributed by atoms with Gasteiger partial charge in [0, 0.05) is 54.2 Å². The van der Waals surface area contributed by atoms with Crippen molar-refractivity contribution in [2.24, 2.45) is 5.92 Å². The number of nitrogens with one attached hydrogen (secondary N) is 2. The van der Waals surface area contributed by atoms with Crippen LogP contribution in [0.5, 0.6) is 5.75 Å². The number of carbonyl (C=O) groups excluding carboxylic acids is 1. The Morgan fingerprint density at radius 3 is 2.74 bits per heavy atom. The van der Waals surface area contributed by atoms with E-state index in [1.165, 1.54) is 5.57 Å². The number of pyridine rings is 1. The summed E-state index contributed by atoms with van der Waals surface area (Å²) in [5, 5.41) is 12.0. The maximum Gasteiger partial charge on any atom is 0.251 e. The van der Waals surface area contributed by atoms with Gasteiger partial charge in [0.2, 0.25) is 0 Å². The van der Waals surface area contributed by atoms with E-state index in [0.717, 1.165) is 77.9 Å². The number of aromatic nitrogens is 3. The van der Waals surface area contributed by atoms with Gasteiger partial charge in [0.25, 0.3) is 5.91 Å². The number of fused-ring (bicyclic) bond motifs is 2. The highest BCUT2D eigenvalue weighted by Crippen LogP contribution is 2.43. The molecule has 39 heavy (non-hydrogen) atoms. The van der Waals surface area contributed by atoms with E-state index in [1.54, 1.807) is 6.20 Å². The quantitative estimate of drug-likeness (QED) is 0.350.